The van der Waals surface area contributed by atoms with Crippen LogP contribution >= 0.6 is 0 Å². The van der Waals surface area contributed by atoms with E-state index in [0.29, 0.717) is 10.9 Å². The Labute approximate surface area is 110 Å². The lowest BCUT2D eigenvalue weighted by Gasteiger charge is -2.28. The monoisotopic (exact) mass is 267 g/mol. The van der Waals surface area contributed by atoms with Gasteiger partial charge < -0.3 is 5.32 Å². The summed E-state index contributed by atoms with van der Waals surface area (Å²) in [5.41, 5.74) is 1.09. The van der Waals surface area contributed by atoms with E-state index >= 15 is 0 Å². The van der Waals surface area contributed by atoms with Crippen LogP contribution in [-0.2, 0) is 9.84 Å². The number of rotatable bonds is 3. The quantitative estimate of drug-likeness (QED) is 0.914. The standard InChI is InChI=1S/C14H21NO2S/c1-11-6-8-13(9-7-11)18(16,17)14-5-3-4-12(10-14)15-2/h6-9,12,14-15H,3-5,10H2,1-2H3. The van der Waals surface area contributed by atoms with Gasteiger partial charge in [0.25, 0.3) is 0 Å². The Kier molecular flexibility index (Phi) is 4.07. The minimum atomic E-state index is -3.16. The SMILES string of the molecule is CNC1CCCC(S(=O)(=O)c2ccc(C)cc2)C1. The van der Waals surface area contributed by atoms with Crippen LogP contribution < -0.4 is 5.32 Å². The highest BCUT2D eigenvalue weighted by Gasteiger charge is 2.32. The molecule has 2 atom stereocenters. The molecule has 1 aliphatic rings. The van der Waals surface area contributed by atoms with Crippen molar-refractivity contribution in [3.63, 3.8) is 0 Å². The summed E-state index contributed by atoms with van der Waals surface area (Å²) in [6, 6.07) is 7.53. The van der Waals surface area contributed by atoms with Gasteiger partial charge in [-0.05, 0) is 45.4 Å². The van der Waals surface area contributed by atoms with Crippen molar-refractivity contribution in [2.45, 2.75) is 48.8 Å². The Morgan fingerprint density at radius 1 is 1.17 bits per heavy atom. The fraction of sp³-hybridized carbons (Fsp3) is 0.571. The molecular formula is C14H21NO2S. The number of aryl methyl sites for hydroxylation is 1. The second kappa shape index (κ2) is 5.41. The fourth-order valence-corrected chi connectivity index (χ4v) is 4.47. The van der Waals surface area contributed by atoms with Gasteiger partial charge >= 0.3 is 0 Å². The first-order valence-electron chi connectivity index (χ1n) is 6.52. The van der Waals surface area contributed by atoms with Gasteiger partial charge in [0.2, 0.25) is 0 Å². The Balaban J connectivity index is 2.22. The van der Waals surface area contributed by atoms with Crippen molar-refractivity contribution in [3.8, 4) is 0 Å². The van der Waals surface area contributed by atoms with Crippen LogP contribution in [0.3, 0.4) is 0 Å². The Morgan fingerprint density at radius 2 is 1.83 bits per heavy atom. The van der Waals surface area contributed by atoms with Gasteiger partial charge in [-0.25, -0.2) is 8.42 Å². The van der Waals surface area contributed by atoms with E-state index in [1.165, 1.54) is 0 Å². The number of benzene rings is 1. The first-order valence-corrected chi connectivity index (χ1v) is 8.06. The number of sulfone groups is 1. The lowest BCUT2D eigenvalue weighted by Crippen LogP contribution is -2.37. The molecule has 0 radical (unpaired) electrons. The third-order valence-electron chi connectivity index (χ3n) is 3.82. The molecule has 0 aliphatic heterocycles. The van der Waals surface area contributed by atoms with E-state index in [9.17, 15) is 8.42 Å². The van der Waals surface area contributed by atoms with Gasteiger partial charge in [0.15, 0.2) is 9.84 Å². The van der Waals surface area contributed by atoms with Crippen molar-refractivity contribution in [2.24, 2.45) is 0 Å². The summed E-state index contributed by atoms with van der Waals surface area (Å²) in [6.07, 6.45) is 3.58. The third-order valence-corrected chi connectivity index (χ3v) is 6.06. The molecule has 1 aromatic rings. The zero-order valence-corrected chi connectivity index (χ0v) is 11.8. The highest BCUT2D eigenvalue weighted by atomic mass is 32.2. The Morgan fingerprint density at radius 3 is 2.44 bits per heavy atom. The summed E-state index contributed by atoms with van der Waals surface area (Å²) in [5, 5.41) is 2.97. The van der Waals surface area contributed by atoms with Gasteiger partial charge in [-0.15, -0.1) is 0 Å². The molecule has 18 heavy (non-hydrogen) atoms. The second-order valence-corrected chi connectivity index (χ2v) is 7.36. The van der Waals surface area contributed by atoms with Crippen molar-refractivity contribution < 1.29 is 8.42 Å². The molecular weight excluding hydrogens is 246 g/mol. The summed E-state index contributed by atoms with van der Waals surface area (Å²) in [6.45, 7) is 1.97. The van der Waals surface area contributed by atoms with E-state index in [2.05, 4.69) is 5.32 Å². The van der Waals surface area contributed by atoms with E-state index in [1.807, 2.05) is 26.1 Å². The summed E-state index contributed by atoms with van der Waals surface area (Å²) >= 11 is 0. The molecule has 1 N–H and O–H groups in total. The number of hydrogen-bond donors (Lipinski definition) is 1. The maximum Gasteiger partial charge on any atom is 0.181 e. The van der Waals surface area contributed by atoms with Gasteiger partial charge in [-0.1, -0.05) is 24.1 Å². The van der Waals surface area contributed by atoms with Crippen molar-refractivity contribution in [1.29, 1.82) is 0 Å². The Hall–Kier alpha value is -0.870. The lowest BCUT2D eigenvalue weighted by molar-refractivity contribution is 0.390. The summed E-state index contributed by atoms with van der Waals surface area (Å²) in [4.78, 5) is 0.467. The second-order valence-electron chi connectivity index (χ2n) is 5.13. The van der Waals surface area contributed by atoms with Gasteiger partial charge in [-0.2, -0.15) is 0 Å². The van der Waals surface area contributed by atoms with Gasteiger partial charge in [0.05, 0.1) is 10.1 Å². The average molecular weight is 267 g/mol. The molecule has 0 saturated heterocycles. The molecule has 1 fully saturated rings. The number of nitrogens with one attached hydrogen (secondary N) is 1. The van der Waals surface area contributed by atoms with Crippen LogP contribution in [0.25, 0.3) is 0 Å². The molecule has 3 nitrogen and oxygen atoms in total. The molecule has 0 amide bonds. The molecule has 0 bridgehead atoms. The van der Waals surface area contributed by atoms with Crippen molar-refractivity contribution >= 4 is 9.84 Å². The smallest absolute Gasteiger partial charge is 0.181 e. The minimum absolute atomic E-state index is 0.230. The predicted octanol–water partition coefficient (Wildman–Crippen LogP) is 2.30. The molecule has 0 aromatic heterocycles. The van der Waals surface area contributed by atoms with Gasteiger partial charge in [-0.3, -0.25) is 0 Å². The Bertz CT molecular complexity index is 493. The van der Waals surface area contributed by atoms with E-state index in [1.54, 1.807) is 12.1 Å². The first-order chi connectivity index (χ1) is 8.54. The van der Waals surface area contributed by atoms with Crippen molar-refractivity contribution in [1.82, 2.24) is 5.32 Å². The number of hydrogen-bond acceptors (Lipinski definition) is 3. The van der Waals surface area contributed by atoms with Gasteiger partial charge in [0.1, 0.15) is 0 Å². The molecule has 1 aromatic carbocycles. The van der Waals surface area contributed by atoms with E-state index in [0.717, 1.165) is 31.2 Å². The van der Waals surface area contributed by atoms with Crippen LogP contribution in [0.1, 0.15) is 31.2 Å². The van der Waals surface area contributed by atoms with Crippen LogP contribution in [0.5, 0.6) is 0 Å². The van der Waals surface area contributed by atoms with E-state index < -0.39 is 9.84 Å². The summed E-state index contributed by atoms with van der Waals surface area (Å²) < 4.78 is 25.1. The highest BCUT2D eigenvalue weighted by molar-refractivity contribution is 7.92. The predicted molar refractivity (Wildman–Crippen MR) is 73.5 cm³/mol. The summed E-state index contributed by atoms with van der Waals surface area (Å²) in [7, 11) is -1.25. The molecule has 100 valence electrons. The van der Waals surface area contributed by atoms with E-state index in [-0.39, 0.29) is 5.25 Å². The van der Waals surface area contributed by atoms with Crippen LogP contribution in [-0.4, -0.2) is 26.8 Å². The highest BCUT2D eigenvalue weighted by Crippen LogP contribution is 2.28. The first kappa shape index (κ1) is 13.6. The van der Waals surface area contributed by atoms with Crippen LogP contribution in [0.15, 0.2) is 29.2 Å². The maximum absolute atomic E-state index is 12.5. The van der Waals surface area contributed by atoms with Crippen molar-refractivity contribution in [2.75, 3.05) is 7.05 Å². The minimum Gasteiger partial charge on any atom is -0.317 e. The summed E-state index contributed by atoms with van der Waals surface area (Å²) in [5.74, 6) is 0. The average Bonchev–Trinajstić information content (AvgIpc) is 2.39. The van der Waals surface area contributed by atoms with Crippen molar-refractivity contribution in [3.05, 3.63) is 29.8 Å². The molecule has 0 spiro atoms. The lowest BCUT2D eigenvalue weighted by atomic mass is 9.95. The third kappa shape index (κ3) is 2.75. The van der Waals surface area contributed by atoms with Crippen LogP contribution in [0.4, 0.5) is 0 Å². The molecule has 2 unspecified atom stereocenters. The van der Waals surface area contributed by atoms with Crippen LogP contribution in [0, 0.1) is 6.92 Å². The topological polar surface area (TPSA) is 46.2 Å². The normalized spacial score (nSPS) is 25.0. The van der Waals surface area contributed by atoms with Gasteiger partial charge in [0, 0.05) is 6.04 Å². The molecule has 4 heteroatoms. The zero-order chi connectivity index (χ0) is 13.2. The zero-order valence-electron chi connectivity index (χ0n) is 11.0. The van der Waals surface area contributed by atoms with Crippen LogP contribution in [0.2, 0.25) is 0 Å². The molecule has 0 heterocycles. The molecule has 1 aliphatic carbocycles. The largest absolute Gasteiger partial charge is 0.317 e. The molecule has 2 rings (SSSR count). The fourth-order valence-electron chi connectivity index (χ4n) is 2.61. The maximum atomic E-state index is 12.5. The molecule has 1 saturated carbocycles. The van der Waals surface area contributed by atoms with E-state index in [4.69, 9.17) is 0 Å².